The Hall–Kier alpha value is -0.620. The molecule has 0 saturated carbocycles. The van der Waals surface area contributed by atoms with E-state index in [4.69, 9.17) is 5.73 Å². The summed E-state index contributed by atoms with van der Waals surface area (Å²) >= 11 is 3.52. The zero-order valence-corrected chi connectivity index (χ0v) is 11.1. The van der Waals surface area contributed by atoms with E-state index in [0.29, 0.717) is 11.9 Å². The molecule has 2 N–H and O–H groups in total. The third-order valence-corrected chi connectivity index (χ3v) is 4.29. The number of nitrogen functional groups attached to an aromatic ring is 1. The van der Waals surface area contributed by atoms with Gasteiger partial charge in [-0.1, -0.05) is 11.8 Å². The first-order chi connectivity index (χ1) is 7.70. The van der Waals surface area contributed by atoms with Crippen molar-refractivity contribution in [1.29, 1.82) is 0 Å². The first-order valence-electron chi connectivity index (χ1n) is 5.23. The smallest absolute Gasteiger partial charge is 0.191 e. The van der Waals surface area contributed by atoms with E-state index in [0.717, 1.165) is 29.0 Å². The van der Waals surface area contributed by atoms with Gasteiger partial charge in [0.25, 0.3) is 0 Å². The van der Waals surface area contributed by atoms with E-state index in [2.05, 4.69) is 21.8 Å². The molecule has 88 valence electrons. The van der Waals surface area contributed by atoms with Crippen molar-refractivity contribution < 1.29 is 0 Å². The molecule has 4 nitrogen and oxygen atoms in total. The lowest BCUT2D eigenvalue weighted by atomic mass is 10.3. The van der Waals surface area contributed by atoms with Crippen LogP contribution in [0.5, 0.6) is 0 Å². The van der Waals surface area contributed by atoms with Gasteiger partial charge >= 0.3 is 0 Å². The molecule has 2 heterocycles. The molecular weight excluding hydrogens is 240 g/mol. The van der Waals surface area contributed by atoms with E-state index in [1.54, 1.807) is 0 Å². The van der Waals surface area contributed by atoms with Crippen molar-refractivity contribution in [2.45, 2.75) is 18.1 Å². The summed E-state index contributed by atoms with van der Waals surface area (Å²) in [5.74, 6) is 3.82. The lowest BCUT2D eigenvalue weighted by Gasteiger charge is -2.34. The van der Waals surface area contributed by atoms with Gasteiger partial charge in [0, 0.05) is 30.2 Å². The second-order valence-electron chi connectivity index (χ2n) is 3.76. The first kappa shape index (κ1) is 11.9. The van der Waals surface area contributed by atoms with E-state index in [-0.39, 0.29) is 0 Å². The van der Waals surface area contributed by atoms with E-state index in [1.807, 2.05) is 24.1 Å². The second kappa shape index (κ2) is 5.14. The summed E-state index contributed by atoms with van der Waals surface area (Å²) in [6, 6.07) is 2.38. The van der Waals surface area contributed by atoms with Crippen molar-refractivity contribution >= 4 is 35.2 Å². The highest BCUT2D eigenvalue weighted by Crippen LogP contribution is 2.24. The number of hydrogen-bond donors (Lipinski definition) is 1. The molecule has 1 saturated heterocycles. The minimum Gasteiger partial charge on any atom is -0.383 e. The largest absolute Gasteiger partial charge is 0.383 e. The monoisotopic (exact) mass is 256 g/mol. The number of hydrogen-bond acceptors (Lipinski definition) is 6. The predicted molar refractivity (Wildman–Crippen MR) is 72.4 cm³/mol. The maximum Gasteiger partial charge on any atom is 0.191 e. The topological polar surface area (TPSA) is 55.0 Å². The van der Waals surface area contributed by atoms with Crippen molar-refractivity contribution in [3.63, 3.8) is 0 Å². The normalized spacial score (nSPS) is 21.1. The highest BCUT2D eigenvalue weighted by Gasteiger charge is 2.20. The van der Waals surface area contributed by atoms with Gasteiger partial charge in [0.05, 0.1) is 0 Å². The number of aromatic nitrogens is 2. The molecule has 0 bridgehead atoms. The number of thioether (sulfide) groups is 2. The van der Waals surface area contributed by atoms with Gasteiger partial charge in [-0.15, -0.1) is 0 Å². The van der Waals surface area contributed by atoms with Gasteiger partial charge in [0.15, 0.2) is 5.16 Å². The molecule has 0 aromatic carbocycles. The fourth-order valence-electron chi connectivity index (χ4n) is 1.74. The Morgan fingerprint density at radius 3 is 3.06 bits per heavy atom. The highest BCUT2D eigenvalue weighted by atomic mass is 32.2. The van der Waals surface area contributed by atoms with Crippen LogP contribution < -0.4 is 10.6 Å². The van der Waals surface area contributed by atoms with Crippen molar-refractivity contribution in [2.75, 3.05) is 34.9 Å². The van der Waals surface area contributed by atoms with Gasteiger partial charge in [0.1, 0.15) is 11.6 Å². The molecule has 6 heteroatoms. The highest BCUT2D eigenvalue weighted by molar-refractivity contribution is 7.99. The van der Waals surface area contributed by atoms with Crippen LogP contribution in [-0.4, -0.2) is 40.3 Å². The van der Waals surface area contributed by atoms with Crippen LogP contribution in [0.1, 0.15) is 6.92 Å². The van der Waals surface area contributed by atoms with Gasteiger partial charge in [-0.05, 0) is 13.2 Å². The molecular formula is C10H16N4S2. The fraction of sp³-hybridized carbons (Fsp3) is 0.600. The lowest BCUT2D eigenvalue weighted by molar-refractivity contribution is 0.683. The molecule has 0 radical (unpaired) electrons. The lowest BCUT2D eigenvalue weighted by Crippen LogP contribution is -2.41. The molecule has 1 atom stereocenters. The SMILES string of the molecule is CSc1nc(N)cc(N2CCSCC2C)n1. The summed E-state index contributed by atoms with van der Waals surface area (Å²) in [5, 5.41) is 0.750. The minimum atomic E-state index is 0.516. The summed E-state index contributed by atoms with van der Waals surface area (Å²) in [5.41, 5.74) is 5.79. The molecule has 2 rings (SSSR count). The Morgan fingerprint density at radius 1 is 1.56 bits per heavy atom. The molecule has 1 fully saturated rings. The molecule has 1 aromatic heterocycles. The average Bonchev–Trinajstić information content (AvgIpc) is 2.28. The van der Waals surface area contributed by atoms with Crippen LogP contribution in [0.3, 0.4) is 0 Å². The maximum absolute atomic E-state index is 5.79. The molecule has 0 amide bonds. The predicted octanol–water partition coefficient (Wildman–Crippen LogP) is 1.72. The van der Waals surface area contributed by atoms with E-state index < -0.39 is 0 Å². The molecule has 0 aliphatic carbocycles. The third-order valence-electron chi connectivity index (χ3n) is 2.56. The van der Waals surface area contributed by atoms with Crippen molar-refractivity contribution in [3.05, 3.63) is 6.07 Å². The Labute approximate surface area is 104 Å². The van der Waals surface area contributed by atoms with Crippen molar-refractivity contribution in [3.8, 4) is 0 Å². The van der Waals surface area contributed by atoms with E-state index >= 15 is 0 Å². The van der Waals surface area contributed by atoms with Gasteiger partial charge in [-0.3, -0.25) is 0 Å². The summed E-state index contributed by atoms with van der Waals surface area (Å²) < 4.78 is 0. The van der Waals surface area contributed by atoms with Crippen LogP contribution >= 0.6 is 23.5 Å². The number of nitrogens with zero attached hydrogens (tertiary/aromatic N) is 3. The van der Waals surface area contributed by atoms with Gasteiger partial charge in [-0.25, -0.2) is 9.97 Å². The van der Waals surface area contributed by atoms with Crippen LogP contribution in [0, 0.1) is 0 Å². The zero-order chi connectivity index (χ0) is 11.5. The molecule has 1 aliphatic rings. The van der Waals surface area contributed by atoms with Crippen LogP contribution in [0.2, 0.25) is 0 Å². The summed E-state index contributed by atoms with van der Waals surface area (Å²) in [7, 11) is 0. The van der Waals surface area contributed by atoms with Gasteiger partial charge in [-0.2, -0.15) is 11.8 Å². The number of anilines is 2. The van der Waals surface area contributed by atoms with Crippen molar-refractivity contribution in [1.82, 2.24) is 9.97 Å². The minimum absolute atomic E-state index is 0.516. The van der Waals surface area contributed by atoms with Gasteiger partial charge in [0.2, 0.25) is 0 Å². The second-order valence-corrected chi connectivity index (χ2v) is 5.68. The van der Waals surface area contributed by atoms with E-state index in [1.165, 1.54) is 11.8 Å². The molecule has 1 unspecified atom stereocenters. The quantitative estimate of drug-likeness (QED) is 0.642. The van der Waals surface area contributed by atoms with Crippen LogP contribution in [0.4, 0.5) is 11.6 Å². The van der Waals surface area contributed by atoms with Crippen molar-refractivity contribution in [2.24, 2.45) is 0 Å². The summed E-state index contributed by atoms with van der Waals surface area (Å²) in [6.07, 6.45) is 1.97. The number of nitrogens with two attached hydrogens (primary N) is 1. The van der Waals surface area contributed by atoms with Crippen LogP contribution in [0.15, 0.2) is 11.2 Å². The van der Waals surface area contributed by atoms with Gasteiger partial charge < -0.3 is 10.6 Å². The summed E-state index contributed by atoms with van der Waals surface area (Å²) in [6.45, 7) is 3.26. The first-order valence-corrected chi connectivity index (χ1v) is 7.61. The van der Waals surface area contributed by atoms with Crippen LogP contribution in [0.25, 0.3) is 0 Å². The molecule has 16 heavy (non-hydrogen) atoms. The Kier molecular flexibility index (Phi) is 3.81. The molecule has 1 aliphatic heterocycles. The Morgan fingerprint density at radius 2 is 2.38 bits per heavy atom. The summed E-state index contributed by atoms with van der Waals surface area (Å²) in [4.78, 5) is 11.0. The standard InChI is InChI=1S/C10H16N4S2/c1-7-6-16-4-3-14(7)9-5-8(11)12-10(13-9)15-2/h5,7H,3-4,6H2,1-2H3,(H2,11,12,13). The third kappa shape index (κ3) is 2.55. The van der Waals surface area contributed by atoms with E-state index in [9.17, 15) is 0 Å². The average molecular weight is 256 g/mol. The number of rotatable bonds is 2. The fourth-order valence-corrected chi connectivity index (χ4v) is 3.13. The zero-order valence-electron chi connectivity index (χ0n) is 9.51. The maximum atomic E-state index is 5.79. The Balaban J connectivity index is 2.27. The van der Waals surface area contributed by atoms with Crippen LogP contribution in [-0.2, 0) is 0 Å². The molecule has 1 aromatic rings. The molecule has 0 spiro atoms. The Bertz CT molecular complexity index is 372.